The number of nitrogens with one attached hydrogen (secondary N) is 2. The topological polar surface area (TPSA) is 114 Å². The summed E-state index contributed by atoms with van der Waals surface area (Å²) in [5.41, 5.74) is 4.07. The van der Waals surface area contributed by atoms with Gasteiger partial charge in [0, 0.05) is 17.8 Å². The second kappa shape index (κ2) is 7.63. The Hall–Kier alpha value is -3.55. The van der Waals surface area contributed by atoms with Crippen LogP contribution >= 0.6 is 0 Å². The van der Waals surface area contributed by atoms with E-state index in [1.807, 2.05) is 31.2 Å². The third-order valence-corrected chi connectivity index (χ3v) is 3.10. The number of amides is 2. The predicted molar refractivity (Wildman–Crippen MR) is 88.6 cm³/mol. The second-order valence-corrected chi connectivity index (χ2v) is 4.81. The van der Waals surface area contributed by atoms with E-state index in [0.29, 0.717) is 0 Å². The van der Waals surface area contributed by atoms with Gasteiger partial charge in [0.05, 0.1) is 11.1 Å². The van der Waals surface area contributed by atoms with E-state index < -0.39 is 16.7 Å². The standard InChI is InChI=1S/C16H14N4O4/c1-11-4-2-3-5-12(11)10-17-19-16(22)15(21)18-13-6-8-14(9-7-13)20(23)24/h2-10H,1H3,(H,18,21)(H,19,22)/b17-10-. The molecular formula is C16H14N4O4. The number of hydrogen-bond donors (Lipinski definition) is 2. The number of carbonyl (C=O) groups is 2. The first-order chi connectivity index (χ1) is 11.5. The maximum Gasteiger partial charge on any atom is 0.329 e. The van der Waals surface area contributed by atoms with Crippen LogP contribution in [0.5, 0.6) is 0 Å². The van der Waals surface area contributed by atoms with E-state index >= 15 is 0 Å². The first-order valence-corrected chi connectivity index (χ1v) is 6.92. The smallest absolute Gasteiger partial charge is 0.318 e. The Morgan fingerprint density at radius 3 is 2.38 bits per heavy atom. The van der Waals surface area contributed by atoms with Crippen molar-refractivity contribution in [2.45, 2.75) is 6.92 Å². The molecule has 0 saturated heterocycles. The van der Waals surface area contributed by atoms with Crippen LogP contribution in [0.2, 0.25) is 0 Å². The number of nitro groups is 1. The molecule has 0 saturated carbocycles. The molecule has 0 unspecified atom stereocenters. The molecule has 2 N–H and O–H groups in total. The summed E-state index contributed by atoms with van der Waals surface area (Å²) in [7, 11) is 0. The Kier molecular flexibility index (Phi) is 5.35. The number of hydrogen-bond acceptors (Lipinski definition) is 5. The number of anilines is 1. The second-order valence-electron chi connectivity index (χ2n) is 4.81. The van der Waals surface area contributed by atoms with Crippen molar-refractivity contribution in [1.29, 1.82) is 0 Å². The zero-order chi connectivity index (χ0) is 17.5. The molecule has 0 radical (unpaired) electrons. The van der Waals surface area contributed by atoms with E-state index in [1.165, 1.54) is 30.5 Å². The van der Waals surface area contributed by atoms with E-state index in [4.69, 9.17) is 0 Å². The molecule has 0 bridgehead atoms. The highest BCUT2D eigenvalue weighted by atomic mass is 16.6. The van der Waals surface area contributed by atoms with Crippen LogP contribution in [0.4, 0.5) is 11.4 Å². The number of non-ortho nitro benzene ring substituents is 1. The van der Waals surface area contributed by atoms with Crippen LogP contribution in [-0.2, 0) is 9.59 Å². The third kappa shape index (κ3) is 4.47. The van der Waals surface area contributed by atoms with Crippen LogP contribution < -0.4 is 10.7 Å². The predicted octanol–water partition coefficient (Wildman–Crippen LogP) is 1.99. The van der Waals surface area contributed by atoms with Crippen LogP contribution in [0.25, 0.3) is 0 Å². The van der Waals surface area contributed by atoms with Crippen LogP contribution in [0.15, 0.2) is 53.6 Å². The molecule has 2 aromatic carbocycles. The molecule has 2 rings (SSSR count). The van der Waals surface area contributed by atoms with Crippen molar-refractivity contribution in [3.8, 4) is 0 Å². The summed E-state index contributed by atoms with van der Waals surface area (Å²) in [6.45, 7) is 1.89. The van der Waals surface area contributed by atoms with E-state index in [0.717, 1.165) is 11.1 Å². The van der Waals surface area contributed by atoms with Gasteiger partial charge in [-0.15, -0.1) is 0 Å². The maximum atomic E-state index is 11.7. The minimum atomic E-state index is -0.946. The summed E-state index contributed by atoms with van der Waals surface area (Å²) in [5.74, 6) is -1.87. The summed E-state index contributed by atoms with van der Waals surface area (Å²) in [4.78, 5) is 33.3. The highest BCUT2D eigenvalue weighted by molar-refractivity contribution is 6.39. The maximum absolute atomic E-state index is 11.7. The fraction of sp³-hybridized carbons (Fsp3) is 0.0625. The van der Waals surface area contributed by atoms with Gasteiger partial charge in [-0.2, -0.15) is 5.10 Å². The van der Waals surface area contributed by atoms with Gasteiger partial charge in [0.1, 0.15) is 0 Å². The van der Waals surface area contributed by atoms with Gasteiger partial charge >= 0.3 is 11.8 Å². The minimum Gasteiger partial charge on any atom is -0.318 e. The lowest BCUT2D eigenvalue weighted by molar-refractivity contribution is -0.384. The average molecular weight is 326 g/mol. The van der Waals surface area contributed by atoms with Crippen molar-refractivity contribution in [1.82, 2.24) is 5.43 Å². The fourth-order valence-electron chi connectivity index (χ4n) is 1.80. The van der Waals surface area contributed by atoms with E-state index in [1.54, 1.807) is 0 Å². The molecule has 122 valence electrons. The van der Waals surface area contributed by atoms with Gasteiger partial charge in [0.15, 0.2) is 0 Å². The molecule has 0 aliphatic carbocycles. The third-order valence-electron chi connectivity index (χ3n) is 3.10. The Morgan fingerprint density at radius 2 is 1.75 bits per heavy atom. The van der Waals surface area contributed by atoms with Crippen LogP contribution in [0.1, 0.15) is 11.1 Å². The molecule has 0 aromatic heterocycles. The van der Waals surface area contributed by atoms with Crippen molar-refractivity contribution < 1.29 is 14.5 Å². The molecule has 0 heterocycles. The highest BCUT2D eigenvalue weighted by Crippen LogP contribution is 2.15. The number of aryl methyl sites for hydroxylation is 1. The summed E-state index contributed by atoms with van der Waals surface area (Å²) in [6, 6.07) is 12.5. The van der Waals surface area contributed by atoms with E-state index in [2.05, 4.69) is 15.8 Å². The summed E-state index contributed by atoms with van der Waals surface area (Å²) >= 11 is 0. The van der Waals surface area contributed by atoms with Crippen LogP contribution in [0, 0.1) is 17.0 Å². The van der Waals surface area contributed by atoms with E-state index in [9.17, 15) is 19.7 Å². The number of rotatable bonds is 4. The van der Waals surface area contributed by atoms with Crippen molar-refractivity contribution in [2.24, 2.45) is 5.10 Å². The molecular weight excluding hydrogens is 312 g/mol. The van der Waals surface area contributed by atoms with Gasteiger partial charge < -0.3 is 5.32 Å². The Balaban J connectivity index is 1.91. The Labute approximate surface area is 137 Å². The first kappa shape index (κ1) is 16.8. The van der Waals surface area contributed by atoms with Crippen LogP contribution in [-0.4, -0.2) is 23.0 Å². The highest BCUT2D eigenvalue weighted by Gasteiger charge is 2.13. The van der Waals surface area contributed by atoms with E-state index in [-0.39, 0.29) is 11.4 Å². The molecule has 24 heavy (non-hydrogen) atoms. The van der Waals surface area contributed by atoms with Crippen LogP contribution in [0.3, 0.4) is 0 Å². The van der Waals surface area contributed by atoms with Crippen molar-refractivity contribution in [3.05, 3.63) is 69.8 Å². The zero-order valence-electron chi connectivity index (χ0n) is 12.7. The molecule has 2 amide bonds. The number of benzene rings is 2. The molecule has 0 aliphatic heterocycles. The fourth-order valence-corrected chi connectivity index (χ4v) is 1.80. The molecule has 0 aliphatic rings. The molecule has 0 spiro atoms. The van der Waals surface area contributed by atoms with Crippen molar-refractivity contribution >= 4 is 29.4 Å². The number of nitrogens with zero attached hydrogens (tertiary/aromatic N) is 2. The quantitative estimate of drug-likeness (QED) is 0.387. The van der Waals surface area contributed by atoms with Crippen molar-refractivity contribution in [3.63, 3.8) is 0 Å². The Morgan fingerprint density at radius 1 is 1.08 bits per heavy atom. The zero-order valence-corrected chi connectivity index (χ0v) is 12.7. The van der Waals surface area contributed by atoms with Gasteiger partial charge in [0.2, 0.25) is 0 Å². The minimum absolute atomic E-state index is 0.111. The summed E-state index contributed by atoms with van der Waals surface area (Å²) < 4.78 is 0. The molecule has 0 fully saturated rings. The molecule has 0 atom stereocenters. The molecule has 8 heteroatoms. The lowest BCUT2D eigenvalue weighted by Crippen LogP contribution is -2.32. The first-order valence-electron chi connectivity index (χ1n) is 6.92. The van der Waals surface area contributed by atoms with Gasteiger partial charge in [-0.05, 0) is 30.2 Å². The van der Waals surface area contributed by atoms with Gasteiger partial charge in [-0.3, -0.25) is 19.7 Å². The number of carbonyl (C=O) groups excluding carboxylic acids is 2. The average Bonchev–Trinajstić information content (AvgIpc) is 2.57. The molecule has 2 aromatic rings. The SMILES string of the molecule is Cc1ccccc1/C=N\NC(=O)C(=O)Nc1ccc([N+](=O)[O-])cc1. The van der Waals surface area contributed by atoms with Crippen molar-refractivity contribution in [2.75, 3.05) is 5.32 Å². The summed E-state index contributed by atoms with van der Waals surface area (Å²) in [6.07, 6.45) is 1.44. The lowest BCUT2D eigenvalue weighted by atomic mass is 10.1. The lowest BCUT2D eigenvalue weighted by Gasteiger charge is -2.03. The number of hydrazone groups is 1. The van der Waals surface area contributed by atoms with Gasteiger partial charge in [0.25, 0.3) is 5.69 Å². The van der Waals surface area contributed by atoms with Gasteiger partial charge in [-0.1, -0.05) is 24.3 Å². The van der Waals surface area contributed by atoms with Gasteiger partial charge in [-0.25, -0.2) is 5.43 Å². The summed E-state index contributed by atoms with van der Waals surface area (Å²) in [5, 5.41) is 16.6. The largest absolute Gasteiger partial charge is 0.329 e. The number of nitro benzene ring substituents is 1. The molecule has 8 nitrogen and oxygen atoms in total. The Bertz CT molecular complexity index is 800. The monoisotopic (exact) mass is 326 g/mol. The normalized spacial score (nSPS) is 10.4.